The molecule has 27 heavy (non-hydrogen) atoms. The molecule has 0 radical (unpaired) electrons. The number of carbonyl (C=O) groups excluding carboxylic acids is 1. The molecule has 1 aliphatic rings. The summed E-state index contributed by atoms with van der Waals surface area (Å²) in [6.45, 7) is 4.64. The molecule has 1 heterocycles. The molecule has 1 aliphatic heterocycles. The highest BCUT2D eigenvalue weighted by atomic mass is 16.1. The van der Waals surface area contributed by atoms with Gasteiger partial charge in [-0.05, 0) is 41.7 Å². The highest BCUT2D eigenvalue weighted by molar-refractivity contribution is 5.75. The van der Waals surface area contributed by atoms with Crippen LogP contribution in [0.15, 0.2) is 48.5 Å². The number of fused-ring (bicyclic) bond motifs is 1. The summed E-state index contributed by atoms with van der Waals surface area (Å²) in [5.41, 5.74) is 5.30. The molecule has 2 aromatic rings. The summed E-state index contributed by atoms with van der Waals surface area (Å²) in [6, 6.07) is 17.6. The van der Waals surface area contributed by atoms with Crippen LogP contribution >= 0.6 is 0 Å². The molecule has 0 saturated heterocycles. The first-order valence-corrected chi connectivity index (χ1v) is 9.93. The van der Waals surface area contributed by atoms with Gasteiger partial charge in [0, 0.05) is 45.8 Å². The van der Waals surface area contributed by atoms with Gasteiger partial charge in [-0.15, -0.1) is 0 Å². The van der Waals surface area contributed by atoms with Crippen molar-refractivity contribution in [3.63, 3.8) is 0 Å². The Morgan fingerprint density at radius 3 is 2.48 bits per heavy atom. The second-order valence-corrected chi connectivity index (χ2v) is 7.55. The number of nitrogens with zero attached hydrogens (tertiary/aromatic N) is 2. The summed E-state index contributed by atoms with van der Waals surface area (Å²) in [5, 5.41) is 3.15. The van der Waals surface area contributed by atoms with Crippen molar-refractivity contribution in [2.75, 3.05) is 32.1 Å². The molecular formula is C23H31N3O. The number of nitrogens with one attached hydrogen (secondary N) is 1. The summed E-state index contributed by atoms with van der Waals surface area (Å²) in [4.78, 5) is 16.7. The second-order valence-electron chi connectivity index (χ2n) is 7.55. The molecule has 0 unspecified atom stereocenters. The van der Waals surface area contributed by atoms with E-state index in [0.717, 1.165) is 25.9 Å². The first kappa shape index (κ1) is 19.4. The number of rotatable bonds is 7. The molecule has 1 N–H and O–H groups in total. The number of benzene rings is 2. The minimum Gasteiger partial charge on any atom is -0.378 e. The summed E-state index contributed by atoms with van der Waals surface area (Å²) < 4.78 is 0. The van der Waals surface area contributed by atoms with Crippen LogP contribution in [-0.2, 0) is 17.8 Å². The van der Waals surface area contributed by atoms with Gasteiger partial charge in [-0.3, -0.25) is 9.69 Å². The van der Waals surface area contributed by atoms with Gasteiger partial charge in [0.25, 0.3) is 0 Å². The van der Waals surface area contributed by atoms with Crippen molar-refractivity contribution < 1.29 is 4.79 Å². The first-order chi connectivity index (χ1) is 13.1. The Balaban J connectivity index is 1.80. The Morgan fingerprint density at radius 1 is 1.11 bits per heavy atom. The Morgan fingerprint density at radius 2 is 1.81 bits per heavy atom. The van der Waals surface area contributed by atoms with Crippen LogP contribution in [0.3, 0.4) is 0 Å². The Hall–Kier alpha value is -2.33. The molecule has 0 fully saturated rings. The van der Waals surface area contributed by atoms with E-state index in [1.54, 1.807) is 0 Å². The molecule has 0 saturated carbocycles. The lowest BCUT2D eigenvalue weighted by Gasteiger charge is -2.36. The SMILES string of the molecule is CCCC(=O)NC[C@@H](c1ccc(N(C)C)cc1)N1CCc2ccccc2C1. The van der Waals surface area contributed by atoms with Crippen LogP contribution in [0.2, 0.25) is 0 Å². The fourth-order valence-corrected chi connectivity index (χ4v) is 3.76. The maximum absolute atomic E-state index is 12.1. The van der Waals surface area contributed by atoms with Crippen molar-refractivity contribution in [3.05, 3.63) is 65.2 Å². The van der Waals surface area contributed by atoms with E-state index in [1.807, 2.05) is 6.92 Å². The van der Waals surface area contributed by atoms with Gasteiger partial charge in [0.05, 0.1) is 6.04 Å². The predicted octanol–water partition coefficient (Wildman–Crippen LogP) is 3.77. The Kier molecular flexibility index (Phi) is 6.51. The van der Waals surface area contributed by atoms with Crippen molar-refractivity contribution in [1.29, 1.82) is 0 Å². The number of hydrogen-bond acceptors (Lipinski definition) is 3. The van der Waals surface area contributed by atoms with Crippen molar-refractivity contribution >= 4 is 11.6 Å². The maximum atomic E-state index is 12.1. The minimum atomic E-state index is 0.143. The zero-order chi connectivity index (χ0) is 19.2. The molecule has 4 heteroatoms. The first-order valence-electron chi connectivity index (χ1n) is 9.93. The van der Waals surface area contributed by atoms with Crippen LogP contribution < -0.4 is 10.2 Å². The third-order valence-electron chi connectivity index (χ3n) is 5.36. The topological polar surface area (TPSA) is 35.6 Å². The van der Waals surface area contributed by atoms with Crippen LogP contribution in [-0.4, -0.2) is 38.0 Å². The second kappa shape index (κ2) is 9.05. The van der Waals surface area contributed by atoms with E-state index < -0.39 is 0 Å². The van der Waals surface area contributed by atoms with Gasteiger partial charge in [0.2, 0.25) is 5.91 Å². The van der Waals surface area contributed by atoms with Gasteiger partial charge < -0.3 is 10.2 Å². The highest BCUT2D eigenvalue weighted by Gasteiger charge is 2.25. The zero-order valence-electron chi connectivity index (χ0n) is 16.7. The largest absolute Gasteiger partial charge is 0.378 e. The van der Waals surface area contributed by atoms with Crippen molar-refractivity contribution in [2.24, 2.45) is 0 Å². The summed E-state index contributed by atoms with van der Waals surface area (Å²) >= 11 is 0. The standard InChI is InChI=1S/C23H31N3O/c1-4-7-23(27)24-16-22(19-10-12-21(13-11-19)25(2)3)26-15-14-18-8-5-6-9-20(18)17-26/h5-6,8-13,22H,4,7,14-17H2,1-3H3,(H,24,27)/t22-/m0/s1. The number of anilines is 1. The third-order valence-corrected chi connectivity index (χ3v) is 5.36. The molecule has 3 rings (SSSR count). The molecule has 0 aliphatic carbocycles. The average Bonchev–Trinajstić information content (AvgIpc) is 2.68. The summed E-state index contributed by atoms with van der Waals surface area (Å²) in [5.74, 6) is 0.143. The van der Waals surface area contributed by atoms with E-state index in [-0.39, 0.29) is 11.9 Å². The van der Waals surface area contributed by atoms with Gasteiger partial charge in [-0.25, -0.2) is 0 Å². The fourth-order valence-electron chi connectivity index (χ4n) is 3.76. The zero-order valence-corrected chi connectivity index (χ0v) is 16.7. The fraction of sp³-hybridized carbons (Fsp3) is 0.435. The summed E-state index contributed by atoms with van der Waals surface area (Å²) in [6.07, 6.45) is 2.53. The van der Waals surface area contributed by atoms with Gasteiger partial charge in [0.1, 0.15) is 0 Å². The molecule has 0 bridgehead atoms. The average molecular weight is 366 g/mol. The van der Waals surface area contributed by atoms with Gasteiger partial charge >= 0.3 is 0 Å². The van der Waals surface area contributed by atoms with Crippen LogP contribution in [0.1, 0.15) is 42.5 Å². The number of carbonyl (C=O) groups is 1. The normalized spacial score (nSPS) is 15.1. The van der Waals surface area contributed by atoms with Crippen molar-refractivity contribution in [1.82, 2.24) is 10.2 Å². The molecular weight excluding hydrogens is 334 g/mol. The van der Waals surface area contributed by atoms with Crippen molar-refractivity contribution in [3.8, 4) is 0 Å². The van der Waals surface area contributed by atoms with E-state index >= 15 is 0 Å². The van der Waals surface area contributed by atoms with Crippen LogP contribution in [0.25, 0.3) is 0 Å². The minimum absolute atomic E-state index is 0.143. The smallest absolute Gasteiger partial charge is 0.220 e. The molecule has 0 aromatic heterocycles. The lowest BCUT2D eigenvalue weighted by Crippen LogP contribution is -2.40. The van der Waals surface area contributed by atoms with Crippen LogP contribution in [0.5, 0.6) is 0 Å². The molecule has 0 spiro atoms. The van der Waals surface area contributed by atoms with Gasteiger partial charge in [-0.2, -0.15) is 0 Å². The number of hydrogen-bond donors (Lipinski definition) is 1. The van der Waals surface area contributed by atoms with Crippen molar-refractivity contribution in [2.45, 2.75) is 38.8 Å². The third kappa shape index (κ3) is 4.89. The van der Waals surface area contributed by atoms with Gasteiger partial charge in [-0.1, -0.05) is 43.3 Å². The van der Waals surface area contributed by atoms with E-state index in [2.05, 4.69) is 77.7 Å². The van der Waals surface area contributed by atoms with E-state index in [9.17, 15) is 4.79 Å². The number of amides is 1. The van der Waals surface area contributed by atoms with E-state index in [0.29, 0.717) is 13.0 Å². The lowest BCUT2D eigenvalue weighted by atomic mass is 9.96. The Bertz CT molecular complexity index is 754. The summed E-state index contributed by atoms with van der Waals surface area (Å²) in [7, 11) is 4.11. The molecule has 1 amide bonds. The molecule has 4 nitrogen and oxygen atoms in total. The molecule has 144 valence electrons. The van der Waals surface area contributed by atoms with Crippen LogP contribution in [0.4, 0.5) is 5.69 Å². The lowest BCUT2D eigenvalue weighted by molar-refractivity contribution is -0.121. The maximum Gasteiger partial charge on any atom is 0.220 e. The van der Waals surface area contributed by atoms with E-state index in [4.69, 9.17) is 0 Å². The molecule has 1 atom stereocenters. The molecule has 2 aromatic carbocycles. The predicted molar refractivity (Wildman–Crippen MR) is 112 cm³/mol. The van der Waals surface area contributed by atoms with Gasteiger partial charge in [0.15, 0.2) is 0 Å². The monoisotopic (exact) mass is 365 g/mol. The highest BCUT2D eigenvalue weighted by Crippen LogP contribution is 2.28. The Labute approximate surface area is 163 Å². The van der Waals surface area contributed by atoms with E-state index in [1.165, 1.54) is 22.4 Å². The van der Waals surface area contributed by atoms with Crippen LogP contribution in [0, 0.1) is 0 Å². The quantitative estimate of drug-likeness (QED) is 0.811.